The predicted molar refractivity (Wildman–Crippen MR) is 95.3 cm³/mol. The zero-order valence-corrected chi connectivity index (χ0v) is 14.8. The summed E-state index contributed by atoms with van der Waals surface area (Å²) in [5.74, 6) is 0.590. The lowest BCUT2D eigenvalue weighted by atomic mass is 9.79. The molecule has 0 spiro atoms. The zero-order chi connectivity index (χ0) is 17.0. The molecule has 0 atom stereocenters. The summed E-state index contributed by atoms with van der Waals surface area (Å²) in [5, 5.41) is 0. The second kappa shape index (κ2) is 7.49. The first-order chi connectivity index (χ1) is 11.5. The van der Waals surface area contributed by atoms with E-state index in [1.807, 2.05) is 13.0 Å². The van der Waals surface area contributed by atoms with Gasteiger partial charge in [0.25, 0.3) is 10.1 Å². The summed E-state index contributed by atoms with van der Waals surface area (Å²) in [6.07, 6.45) is 4.91. The van der Waals surface area contributed by atoms with E-state index in [1.165, 1.54) is 5.56 Å². The van der Waals surface area contributed by atoms with Crippen LogP contribution in [0, 0.1) is 12.8 Å². The predicted octanol–water partition coefficient (Wildman–Crippen LogP) is 4.50. The molecule has 0 aliphatic heterocycles. The van der Waals surface area contributed by atoms with Crippen LogP contribution in [-0.4, -0.2) is 14.5 Å². The second-order valence-electron chi connectivity index (χ2n) is 6.70. The van der Waals surface area contributed by atoms with E-state index in [0.717, 1.165) is 37.7 Å². The Hall–Kier alpha value is -1.65. The van der Waals surface area contributed by atoms with E-state index >= 15 is 0 Å². The van der Waals surface area contributed by atoms with Crippen molar-refractivity contribution in [3.63, 3.8) is 0 Å². The molecule has 128 valence electrons. The first-order valence-electron chi connectivity index (χ1n) is 8.57. The first-order valence-corrected chi connectivity index (χ1v) is 9.97. The maximum Gasteiger partial charge on any atom is 0.297 e. The van der Waals surface area contributed by atoms with Gasteiger partial charge in [-0.1, -0.05) is 48.0 Å². The molecule has 0 amide bonds. The van der Waals surface area contributed by atoms with Crippen molar-refractivity contribution in [2.75, 3.05) is 0 Å². The number of hydrogen-bond donors (Lipinski definition) is 0. The van der Waals surface area contributed by atoms with Gasteiger partial charge in [-0.25, -0.2) is 0 Å². The Kier molecular flexibility index (Phi) is 5.36. The molecular formula is C20H24O3S. The monoisotopic (exact) mass is 344 g/mol. The summed E-state index contributed by atoms with van der Waals surface area (Å²) < 4.78 is 29.8. The zero-order valence-electron chi connectivity index (χ0n) is 14.0. The van der Waals surface area contributed by atoms with Crippen molar-refractivity contribution >= 4 is 10.1 Å². The lowest BCUT2D eigenvalue weighted by Crippen LogP contribution is -2.33. The van der Waals surface area contributed by atoms with Gasteiger partial charge in [-0.3, -0.25) is 4.18 Å². The van der Waals surface area contributed by atoms with Gasteiger partial charge in [0.15, 0.2) is 0 Å². The van der Waals surface area contributed by atoms with Crippen molar-refractivity contribution in [3.05, 3.63) is 65.7 Å². The van der Waals surface area contributed by atoms with E-state index in [2.05, 4.69) is 24.3 Å². The number of rotatable bonds is 7. The molecule has 24 heavy (non-hydrogen) atoms. The molecule has 0 radical (unpaired) electrons. The molecule has 0 aromatic heterocycles. The standard InChI is InChI=1S/C20H24O3S/c1-16-10-12-20(13-11-16)24(21,22)23-19-14-18(15-19)9-5-8-17-6-3-2-4-7-17/h2-4,6-7,10-13,18-19H,5,8-9,14-15H2,1H3. The molecule has 3 nitrogen and oxygen atoms in total. The lowest BCUT2D eigenvalue weighted by Gasteiger charge is -2.34. The minimum atomic E-state index is -3.62. The van der Waals surface area contributed by atoms with Crippen molar-refractivity contribution in [1.29, 1.82) is 0 Å². The van der Waals surface area contributed by atoms with Crippen molar-refractivity contribution < 1.29 is 12.6 Å². The second-order valence-corrected chi connectivity index (χ2v) is 8.27. The Balaban J connectivity index is 1.41. The van der Waals surface area contributed by atoms with E-state index in [4.69, 9.17) is 4.18 Å². The van der Waals surface area contributed by atoms with Gasteiger partial charge in [0.1, 0.15) is 0 Å². The molecule has 2 aromatic carbocycles. The van der Waals surface area contributed by atoms with Crippen LogP contribution in [0.5, 0.6) is 0 Å². The molecule has 1 fully saturated rings. The van der Waals surface area contributed by atoms with Crippen molar-refractivity contribution in [3.8, 4) is 0 Å². The highest BCUT2D eigenvalue weighted by Gasteiger charge is 2.33. The van der Waals surface area contributed by atoms with Gasteiger partial charge in [0, 0.05) is 0 Å². The van der Waals surface area contributed by atoms with Crippen LogP contribution in [0.25, 0.3) is 0 Å². The van der Waals surface area contributed by atoms with Gasteiger partial charge in [-0.2, -0.15) is 8.42 Å². The summed E-state index contributed by atoms with van der Waals surface area (Å²) in [6, 6.07) is 17.3. The summed E-state index contributed by atoms with van der Waals surface area (Å²) in [4.78, 5) is 0.251. The fourth-order valence-electron chi connectivity index (χ4n) is 3.17. The Bertz CT molecular complexity index is 745. The molecular weight excluding hydrogens is 320 g/mol. The molecule has 2 aromatic rings. The van der Waals surface area contributed by atoms with Crippen LogP contribution in [0.1, 0.15) is 36.8 Å². The van der Waals surface area contributed by atoms with Crippen molar-refractivity contribution in [2.24, 2.45) is 5.92 Å². The van der Waals surface area contributed by atoms with Crippen LogP contribution in [0.3, 0.4) is 0 Å². The Morgan fingerprint density at radius 2 is 1.67 bits per heavy atom. The van der Waals surface area contributed by atoms with Crippen LogP contribution in [0.15, 0.2) is 59.5 Å². The highest BCUT2D eigenvalue weighted by atomic mass is 32.2. The average molecular weight is 344 g/mol. The quantitative estimate of drug-likeness (QED) is 0.695. The highest BCUT2D eigenvalue weighted by Crippen LogP contribution is 2.35. The molecule has 1 saturated carbocycles. The SMILES string of the molecule is Cc1ccc(S(=O)(=O)OC2CC(CCCc3ccccc3)C2)cc1. The molecule has 1 aliphatic carbocycles. The number of benzene rings is 2. The molecule has 0 heterocycles. The van der Waals surface area contributed by atoms with Crippen LogP contribution < -0.4 is 0 Å². The number of aryl methyl sites for hydroxylation is 2. The van der Waals surface area contributed by atoms with Crippen LogP contribution in [0.2, 0.25) is 0 Å². The fourth-order valence-corrected chi connectivity index (χ4v) is 4.26. The summed E-state index contributed by atoms with van der Waals surface area (Å²) in [6.45, 7) is 1.93. The Morgan fingerprint density at radius 3 is 2.33 bits per heavy atom. The first kappa shape index (κ1) is 17.2. The summed E-state index contributed by atoms with van der Waals surface area (Å²) in [5.41, 5.74) is 2.41. The summed E-state index contributed by atoms with van der Waals surface area (Å²) >= 11 is 0. The molecule has 4 heteroatoms. The topological polar surface area (TPSA) is 43.4 Å². The molecule has 3 rings (SSSR count). The normalized spacial score (nSPS) is 20.5. The van der Waals surface area contributed by atoms with E-state index in [0.29, 0.717) is 5.92 Å². The van der Waals surface area contributed by atoms with Gasteiger partial charge in [-0.05, 0) is 62.6 Å². The lowest BCUT2D eigenvalue weighted by molar-refractivity contribution is 0.0655. The molecule has 1 aliphatic rings. The smallest absolute Gasteiger partial charge is 0.263 e. The largest absolute Gasteiger partial charge is 0.297 e. The third-order valence-electron chi connectivity index (χ3n) is 4.69. The maximum atomic E-state index is 12.2. The van der Waals surface area contributed by atoms with Crippen molar-refractivity contribution in [1.82, 2.24) is 0 Å². The van der Waals surface area contributed by atoms with E-state index < -0.39 is 10.1 Å². The molecule has 0 saturated heterocycles. The minimum Gasteiger partial charge on any atom is -0.263 e. The summed E-state index contributed by atoms with van der Waals surface area (Å²) in [7, 11) is -3.62. The van der Waals surface area contributed by atoms with Gasteiger partial charge in [-0.15, -0.1) is 0 Å². The van der Waals surface area contributed by atoms with Gasteiger partial charge >= 0.3 is 0 Å². The minimum absolute atomic E-state index is 0.155. The highest BCUT2D eigenvalue weighted by molar-refractivity contribution is 7.86. The van der Waals surface area contributed by atoms with Crippen molar-refractivity contribution in [2.45, 2.75) is 50.0 Å². The average Bonchev–Trinajstić information content (AvgIpc) is 2.53. The van der Waals surface area contributed by atoms with E-state index in [-0.39, 0.29) is 11.0 Å². The Morgan fingerprint density at radius 1 is 1.00 bits per heavy atom. The third-order valence-corrected chi connectivity index (χ3v) is 6.06. The van der Waals surface area contributed by atoms with Crippen LogP contribution >= 0.6 is 0 Å². The Labute approximate surface area is 144 Å². The fraction of sp³-hybridized carbons (Fsp3) is 0.400. The molecule has 0 N–H and O–H groups in total. The third kappa shape index (κ3) is 4.46. The molecule has 0 unspecified atom stereocenters. The van der Waals surface area contributed by atoms with Gasteiger partial charge < -0.3 is 0 Å². The number of hydrogen-bond acceptors (Lipinski definition) is 3. The van der Waals surface area contributed by atoms with Crippen LogP contribution in [0.4, 0.5) is 0 Å². The molecule has 0 bridgehead atoms. The van der Waals surface area contributed by atoms with E-state index in [1.54, 1.807) is 24.3 Å². The van der Waals surface area contributed by atoms with E-state index in [9.17, 15) is 8.42 Å². The van der Waals surface area contributed by atoms with Gasteiger partial charge in [0.05, 0.1) is 11.0 Å². The maximum absolute atomic E-state index is 12.2. The van der Waals surface area contributed by atoms with Gasteiger partial charge in [0.2, 0.25) is 0 Å². The van der Waals surface area contributed by atoms with Crippen LogP contribution in [-0.2, 0) is 20.7 Å².